The quantitative estimate of drug-likeness (QED) is 0.0716. The summed E-state index contributed by atoms with van der Waals surface area (Å²) in [5.41, 5.74) is 2.75. The molecule has 14 atom stereocenters. The molecule has 9 rings (SSSR count). The number of allylic oxidation sites excluding steroid dienone is 1. The monoisotopic (exact) mass is 1010 g/mol. The second kappa shape index (κ2) is 19.5. The molecule has 6 fully saturated rings. The highest BCUT2D eigenvalue weighted by Gasteiger charge is 2.75. The minimum absolute atomic E-state index is 0.0573. The first kappa shape index (κ1) is 53.7. The third-order valence-corrected chi connectivity index (χ3v) is 26.4. The third kappa shape index (κ3) is 9.11. The Kier molecular flexibility index (Phi) is 14.3. The molecule has 3 aromatic rings. The Morgan fingerprint density at radius 1 is 0.658 bits per heavy atom. The van der Waals surface area contributed by atoms with Gasteiger partial charge in [0.05, 0.1) is 22.8 Å². The zero-order valence-corrected chi connectivity index (χ0v) is 47.2. The Hall–Kier alpha value is -4.09. The van der Waals surface area contributed by atoms with Gasteiger partial charge in [0, 0.05) is 6.61 Å². The number of carbonyl (C=O) groups is 3. The normalized spacial score (nSPS) is 37.7. The largest absolute Gasteiger partial charge is 0.459 e. The summed E-state index contributed by atoms with van der Waals surface area (Å²) in [6.45, 7) is 35.1. The van der Waals surface area contributed by atoms with Gasteiger partial charge in [0.25, 0.3) is 0 Å². The fraction of sp³-hybridized carbons (Fsp3) is 0.635. The number of hydrogen-bond donors (Lipinski definition) is 0. The molecule has 396 valence electrons. The van der Waals surface area contributed by atoms with Crippen LogP contribution in [0.2, 0.25) is 18.1 Å². The Bertz CT molecular complexity index is 2500. The zero-order chi connectivity index (χ0) is 52.6. The summed E-state index contributed by atoms with van der Waals surface area (Å²) in [6.07, 6.45) is 6.63. The number of esters is 3. The number of hydrogen-bond acceptors (Lipinski definition) is 9. The molecule has 1 saturated heterocycles. The molecule has 3 unspecified atom stereocenters. The number of benzene rings is 3. The molecule has 10 heteroatoms. The minimum atomic E-state index is -1.97. The molecule has 0 spiro atoms. The molecular weight excluding hydrogens is 929 g/mol. The number of ether oxygens (including phenoxy) is 5. The van der Waals surface area contributed by atoms with E-state index < -0.39 is 50.8 Å². The fourth-order valence-corrected chi connectivity index (χ4v) is 17.7. The standard InChI is InChI=1S/C63H86O9Si/c1-41(2)45-29-36-63(40-68-73(12,13)57(3,4)5)38-37-62(11)60(9)34-30-47-58(6,7)49(32-33-59(47,8)48(60)31-35-61(62,10)52(45)63)70-56-51(72-55(66)44-27-21-16-22-28-44)50(71-54(65)43-25-19-15-20-26-43)46(69-56)39-67-53(64)42-23-17-14-18-24-42/h14-28,45-52,56H,1,29-40H2,2-13H3/t45?,46-,47?,48-,49+,50-,51-,52?,56+,59+,60-,61-,62+,63-/m1/s1. The molecule has 73 heavy (non-hydrogen) atoms. The van der Waals surface area contributed by atoms with E-state index in [-0.39, 0.29) is 50.2 Å². The summed E-state index contributed by atoms with van der Waals surface area (Å²) in [5.74, 6) is 0.179. The van der Waals surface area contributed by atoms with Gasteiger partial charge in [-0.2, -0.15) is 0 Å². The molecule has 0 bridgehead atoms. The maximum atomic E-state index is 14.0. The van der Waals surface area contributed by atoms with E-state index in [1.807, 2.05) is 18.2 Å². The van der Waals surface area contributed by atoms with Gasteiger partial charge in [0.1, 0.15) is 12.7 Å². The van der Waals surface area contributed by atoms with E-state index in [2.05, 4.69) is 82.3 Å². The van der Waals surface area contributed by atoms with Crippen LogP contribution in [0.5, 0.6) is 0 Å². The maximum absolute atomic E-state index is 14.0. The van der Waals surface area contributed by atoms with Gasteiger partial charge in [0.15, 0.2) is 26.8 Å². The topological polar surface area (TPSA) is 107 Å². The molecule has 1 heterocycles. The van der Waals surface area contributed by atoms with Gasteiger partial charge in [-0.05, 0) is 182 Å². The second-order valence-electron chi connectivity index (χ2n) is 26.7. The number of carbonyl (C=O) groups excluding carboxylic acids is 3. The highest BCUT2D eigenvalue weighted by Crippen LogP contribution is 2.81. The van der Waals surface area contributed by atoms with E-state index in [1.54, 1.807) is 72.8 Å². The van der Waals surface area contributed by atoms with Crippen molar-refractivity contribution in [1.82, 2.24) is 0 Å². The van der Waals surface area contributed by atoms with Gasteiger partial charge in [-0.15, -0.1) is 0 Å². The van der Waals surface area contributed by atoms with Crippen molar-refractivity contribution in [3.8, 4) is 0 Å². The summed E-state index contributed by atoms with van der Waals surface area (Å²) in [5, 5.41) is 0.165. The van der Waals surface area contributed by atoms with Gasteiger partial charge in [-0.3, -0.25) is 0 Å². The Morgan fingerprint density at radius 3 is 1.75 bits per heavy atom. The summed E-state index contributed by atoms with van der Waals surface area (Å²) in [7, 11) is -1.97. The summed E-state index contributed by atoms with van der Waals surface area (Å²) >= 11 is 0. The molecule has 9 nitrogen and oxygen atoms in total. The van der Waals surface area contributed by atoms with E-state index in [9.17, 15) is 14.4 Å². The Balaban J connectivity index is 0.993. The number of fused-ring (bicyclic) bond motifs is 7. The van der Waals surface area contributed by atoms with Crippen molar-refractivity contribution in [2.45, 2.75) is 182 Å². The lowest BCUT2D eigenvalue weighted by molar-refractivity contribution is -0.292. The zero-order valence-electron chi connectivity index (χ0n) is 46.2. The van der Waals surface area contributed by atoms with Crippen LogP contribution in [0.3, 0.4) is 0 Å². The van der Waals surface area contributed by atoms with Crippen LogP contribution in [0.15, 0.2) is 103 Å². The van der Waals surface area contributed by atoms with Gasteiger partial charge in [-0.1, -0.05) is 129 Å². The summed E-state index contributed by atoms with van der Waals surface area (Å²) < 4.78 is 39.8. The fourth-order valence-electron chi connectivity index (χ4n) is 16.6. The molecule has 6 aliphatic rings. The first-order valence-corrected chi connectivity index (χ1v) is 30.6. The van der Waals surface area contributed by atoms with E-state index in [1.165, 1.54) is 44.1 Å². The van der Waals surface area contributed by atoms with Crippen molar-refractivity contribution >= 4 is 26.2 Å². The summed E-state index contributed by atoms with van der Waals surface area (Å²) in [4.78, 5) is 41.3. The smallest absolute Gasteiger partial charge is 0.338 e. The molecular formula is C63H86O9Si. The van der Waals surface area contributed by atoms with Crippen LogP contribution in [0.25, 0.3) is 0 Å². The van der Waals surface area contributed by atoms with Gasteiger partial charge >= 0.3 is 17.9 Å². The molecule has 0 radical (unpaired) electrons. The van der Waals surface area contributed by atoms with Gasteiger partial charge in [0.2, 0.25) is 0 Å². The predicted molar refractivity (Wildman–Crippen MR) is 288 cm³/mol. The maximum Gasteiger partial charge on any atom is 0.338 e. The average Bonchev–Trinajstić information content (AvgIpc) is 3.90. The van der Waals surface area contributed by atoms with Crippen LogP contribution in [0.1, 0.15) is 165 Å². The van der Waals surface area contributed by atoms with Crippen molar-refractivity contribution in [1.29, 1.82) is 0 Å². The molecule has 5 saturated carbocycles. The SMILES string of the molecule is C=C(C)C1CC[C@]2(CO[Si](C)(C)C(C)(C)C)CC[C@]3(C)[C@](C)(CC[C@@H]4[C@@]5(C)CC[C@H](O[C@@H]6O[C@H](COC(=O)c7ccccc7)[C@@H](OC(=O)c7ccccc7)[C@H]6OC(=O)c6ccccc6)C(C)(C)C5CC[C@]43C)C12. The van der Waals surface area contributed by atoms with Crippen molar-refractivity contribution < 1.29 is 42.5 Å². The van der Waals surface area contributed by atoms with Crippen molar-refractivity contribution in [3.05, 3.63) is 120 Å². The van der Waals surface area contributed by atoms with Gasteiger partial charge in [-0.25, -0.2) is 14.4 Å². The van der Waals surface area contributed by atoms with E-state index in [4.69, 9.17) is 34.7 Å². The van der Waals surface area contributed by atoms with E-state index in [0.29, 0.717) is 40.4 Å². The molecule has 3 aromatic carbocycles. The molecule has 5 aliphatic carbocycles. The first-order valence-electron chi connectivity index (χ1n) is 27.7. The lowest BCUT2D eigenvalue weighted by Crippen LogP contribution is -2.70. The van der Waals surface area contributed by atoms with Crippen LogP contribution < -0.4 is 0 Å². The van der Waals surface area contributed by atoms with Crippen molar-refractivity contribution in [2.24, 2.45) is 56.2 Å². The van der Waals surface area contributed by atoms with Crippen molar-refractivity contribution in [2.75, 3.05) is 13.2 Å². The van der Waals surface area contributed by atoms with Gasteiger partial charge < -0.3 is 28.1 Å². The molecule has 1 aliphatic heterocycles. The second-order valence-corrected chi connectivity index (χ2v) is 31.5. The lowest BCUT2D eigenvalue weighted by atomic mass is 9.29. The third-order valence-electron chi connectivity index (χ3n) is 21.9. The highest BCUT2D eigenvalue weighted by molar-refractivity contribution is 6.74. The van der Waals surface area contributed by atoms with Crippen LogP contribution in [0, 0.1) is 56.2 Å². The molecule has 0 amide bonds. The first-order chi connectivity index (χ1) is 34.3. The van der Waals surface area contributed by atoms with Crippen LogP contribution in [-0.4, -0.2) is 70.1 Å². The highest BCUT2D eigenvalue weighted by atomic mass is 28.4. The van der Waals surface area contributed by atoms with Crippen LogP contribution in [0.4, 0.5) is 0 Å². The summed E-state index contributed by atoms with van der Waals surface area (Å²) in [6, 6.07) is 26.2. The van der Waals surface area contributed by atoms with Crippen LogP contribution >= 0.6 is 0 Å². The Labute approximate surface area is 438 Å². The van der Waals surface area contributed by atoms with Crippen LogP contribution in [-0.2, 0) is 28.1 Å². The minimum Gasteiger partial charge on any atom is -0.459 e. The van der Waals surface area contributed by atoms with E-state index >= 15 is 0 Å². The predicted octanol–water partition coefficient (Wildman–Crippen LogP) is 14.5. The Morgan fingerprint density at radius 2 is 1.19 bits per heavy atom. The number of rotatable bonds is 13. The average molecular weight is 1020 g/mol. The molecule has 0 N–H and O–H groups in total. The molecule has 0 aromatic heterocycles. The lowest BCUT2D eigenvalue weighted by Gasteiger charge is -2.76. The van der Waals surface area contributed by atoms with E-state index in [0.717, 1.165) is 32.3 Å². The van der Waals surface area contributed by atoms with Crippen molar-refractivity contribution in [3.63, 3.8) is 0 Å².